The Morgan fingerprint density at radius 3 is 2.43 bits per heavy atom. The van der Waals surface area contributed by atoms with Crippen LogP contribution in [0, 0.1) is 5.92 Å². The molecule has 0 aromatic heterocycles. The molecule has 1 aliphatic rings. The SMILES string of the molecule is CC1C=NN(C)C1(C)c1ccccc1. The molecule has 0 aliphatic carbocycles. The molecule has 0 saturated heterocycles. The second-order valence-corrected chi connectivity index (χ2v) is 4.09. The summed E-state index contributed by atoms with van der Waals surface area (Å²) < 4.78 is 0. The molecule has 1 aromatic carbocycles. The maximum absolute atomic E-state index is 4.36. The summed E-state index contributed by atoms with van der Waals surface area (Å²) in [5, 5.41) is 6.40. The monoisotopic (exact) mass is 188 g/mol. The van der Waals surface area contributed by atoms with Gasteiger partial charge in [0.2, 0.25) is 0 Å². The molecule has 2 nitrogen and oxygen atoms in total. The minimum absolute atomic E-state index is 0.0151. The Kier molecular flexibility index (Phi) is 2.06. The van der Waals surface area contributed by atoms with Crippen molar-refractivity contribution >= 4 is 6.21 Å². The molecule has 0 spiro atoms. The van der Waals surface area contributed by atoms with E-state index in [1.54, 1.807) is 0 Å². The highest BCUT2D eigenvalue weighted by Gasteiger charge is 2.39. The smallest absolute Gasteiger partial charge is 0.0871 e. The summed E-state index contributed by atoms with van der Waals surface area (Å²) in [6, 6.07) is 10.6. The predicted octanol–water partition coefficient (Wildman–Crippen LogP) is 2.47. The Balaban J connectivity index is 2.42. The molecule has 1 aliphatic heterocycles. The van der Waals surface area contributed by atoms with E-state index in [-0.39, 0.29) is 5.54 Å². The quantitative estimate of drug-likeness (QED) is 0.661. The molecular weight excluding hydrogens is 172 g/mol. The van der Waals surface area contributed by atoms with Gasteiger partial charge in [0.05, 0.1) is 5.54 Å². The third kappa shape index (κ3) is 1.14. The first-order valence-electron chi connectivity index (χ1n) is 4.99. The summed E-state index contributed by atoms with van der Waals surface area (Å²) in [6.07, 6.45) is 2.02. The molecule has 14 heavy (non-hydrogen) atoms. The minimum Gasteiger partial charge on any atom is -0.290 e. The highest BCUT2D eigenvalue weighted by atomic mass is 15.5. The van der Waals surface area contributed by atoms with E-state index in [2.05, 4.69) is 43.2 Å². The molecule has 0 radical (unpaired) electrons. The second kappa shape index (κ2) is 3.12. The molecule has 74 valence electrons. The van der Waals surface area contributed by atoms with Crippen molar-refractivity contribution in [3.63, 3.8) is 0 Å². The van der Waals surface area contributed by atoms with Gasteiger partial charge in [-0.3, -0.25) is 5.01 Å². The van der Waals surface area contributed by atoms with Crippen molar-refractivity contribution in [1.82, 2.24) is 5.01 Å². The van der Waals surface area contributed by atoms with Crippen molar-refractivity contribution in [2.24, 2.45) is 11.0 Å². The standard InChI is InChI=1S/C12H16N2/c1-10-9-13-14(3)12(10,2)11-7-5-4-6-8-11/h4-10H,1-3H3. The van der Waals surface area contributed by atoms with Crippen LogP contribution in [0.25, 0.3) is 0 Å². The number of benzene rings is 1. The largest absolute Gasteiger partial charge is 0.290 e. The van der Waals surface area contributed by atoms with Gasteiger partial charge in [0.1, 0.15) is 0 Å². The lowest BCUT2D eigenvalue weighted by Crippen LogP contribution is -2.39. The van der Waals surface area contributed by atoms with Crippen molar-refractivity contribution in [2.75, 3.05) is 7.05 Å². The molecule has 2 atom stereocenters. The van der Waals surface area contributed by atoms with E-state index in [1.165, 1.54) is 5.56 Å². The van der Waals surface area contributed by atoms with Crippen molar-refractivity contribution in [1.29, 1.82) is 0 Å². The first-order valence-corrected chi connectivity index (χ1v) is 4.99. The first kappa shape index (κ1) is 9.25. The number of hydrogen-bond acceptors (Lipinski definition) is 2. The predicted molar refractivity (Wildman–Crippen MR) is 59.2 cm³/mol. The molecule has 2 unspecified atom stereocenters. The number of hydrogen-bond donors (Lipinski definition) is 0. The normalized spacial score (nSPS) is 31.1. The molecule has 0 fully saturated rings. The molecule has 0 saturated carbocycles. The molecule has 1 aromatic rings. The molecule has 0 N–H and O–H groups in total. The van der Waals surface area contributed by atoms with Gasteiger partial charge in [-0.25, -0.2) is 0 Å². The molecule has 2 rings (SSSR count). The Morgan fingerprint density at radius 2 is 1.93 bits per heavy atom. The van der Waals surface area contributed by atoms with Crippen LogP contribution in [0.5, 0.6) is 0 Å². The molecule has 0 bridgehead atoms. The lowest BCUT2D eigenvalue weighted by atomic mass is 9.82. The van der Waals surface area contributed by atoms with Crippen LogP contribution in [0.1, 0.15) is 19.4 Å². The highest BCUT2D eigenvalue weighted by Crippen LogP contribution is 2.37. The van der Waals surface area contributed by atoms with Gasteiger partial charge in [0.15, 0.2) is 0 Å². The average Bonchev–Trinajstić information content (AvgIpc) is 2.49. The van der Waals surface area contributed by atoms with Gasteiger partial charge < -0.3 is 0 Å². The summed E-state index contributed by atoms with van der Waals surface area (Å²) in [7, 11) is 2.03. The summed E-state index contributed by atoms with van der Waals surface area (Å²) in [5.74, 6) is 0.454. The number of nitrogens with zero attached hydrogens (tertiary/aromatic N) is 2. The van der Waals surface area contributed by atoms with Gasteiger partial charge >= 0.3 is 0 Å². The van der Waals surface area contributed by atoms with Crippen molar-refractivity contribution in [3.8, 4) is 0 Å². The van der Waals surface area contributed by atoms with Gasteiger partial charge in [-0.2, -0.15) is 5.10 Å². The van der Waals surface area contributed by atoms with E-state index in [1.807, 2.05) is 24.3 Å². The zero-order valence-electron chi connectivity index (χ0n) is 8.94. The maximum atomic E-state index is 4.36. The molecule has 2 heteroatoms. The summed E-state index contributed by atoms with van der Waals surface area (Å²) in [4.78, 5) is 0. The van der Waals surface area contributed by atoms with Crippen molar-refractivity contribution in [2.45, 2.75) is 19.4 Å². The Bertz CT molecular complexity index is 331. The third-order valence-electron chi connectivity index (χ3n) is 3.38. The Morgan fingerprint density at radius 1 is 1.29 bits per heavy atom. The first-order chi connectivity index (χ1) is 6.65. The lowest BCUT2D eigenvalue weighted by molar-refractivity contribution is 0.138. The Hall–Kier alpha value is -1.31. The molecular formula is C12H16N2. The summed E-state index contributed by atoms with van der Waals surface area (Å²) >= 11 is 0. The van der Waals surface area contributed by atoms with Crippen LogP contribution in [-0.4, -0.2) is 18.3 Å². The molecule has 1 heterocycles. The van der Waals surface area contributed by atoms with Gasteiger partial charge in [0, 0.05) is 19.2 Å². The number of hydrazone groups is 1. The maximum Gasteiger partial charge on any atom is 0.0871 e. The van der Waals surface area contributed by atoms with Crippen LogP contribution in [0.15, 0.2) is 35.4 Å². The van der Waals surface area contributed by atoms with Crippen molar-refractivity contribution < 1.29 is 0 Å². The van der Waals surface area contributed by atoms with Gasteiger partial charge in [-0.05, 0) is 12.5 Å². The minimum atomic E-state index is 0.0151. The van der Waals surface area contributed by atoms with Crippen molar-refractivity contribution in [3.05, 3.63) is 35.9 Å². The lowest BCUT2D eigenvalue weighted by Gasteiger charge is -2.35. The summed E-state index contributed by atoms with van der Waals surface area (Å²) in [5.41, 5.74) is 1.34. The average molecular weight is 188 g/mol. The highest BCUT2D eigenvalue weighted by molar-refractivity contribution is 5.65. The van der Waals surface area contributed by atoms with Crippen LogP contribution < -0.4 is 0 Å². The topological polar surface area (TPSA) is 15.6 Å². The third-order valence-corrected chi connectivity index (χ3v) is 3.38. The van der Waals surface area contributed by atoms with E-state index in [9.17, 15) is 0 Å². The fourth-order valence-corrected chi connectivity index (χ4v) is 1.99. The van der Waals surface area contributed by atoms with E-state index < -0.39 is 0 Å². The van der Waals surface area contributed by atoms with Gasteiger partial charge in [0.25, 0.3) is 0 Å². The van der Waals surface area contributed by atoms with Gasteiger partial charge in [-0.1, -0.05) is 37.3 Å². The van der Waals surface area contributed by atoms with Crippen LogP contribution in [0.4, 0.5) is 0 Å². The van der Waals surface area contributed by atoms with E-state index in [4.69, 9.17) is 0 Å². The van der Waals surface area contributed by atoms with Crippen LogP contribution in [-0.2, 0) is 5.54 Å². The molecule has 0 amide bonds. The van der Waals surface area contributed by atoms with Crippen LogP contribution in [0.3, 0.4) is 0 Å². The van der Waals surface area contributed by atoms with Crippen LogP contribution >= 0.6 is 0 Å². The van der Waals surface area contributed by atoms with E-state index in [0.717, 1.165) is 0 Å². The zero-order chi connectivity index (χ0) is 10.2. The van der Waals surface area contributed by atoms with Crippen LogP contribution in [0.2, 0.25) is 0 Å². The second-order valence-electron chi connectivity index (χ2n) is 4.09. The van der Waals surface area contributed by atoms with E-state index >= 15 is 0 Å². The zero-order valence-corrected chi connectivity index (χ0v) is 8.94. The van der Waals surface area contributed by atoms with E-state index in [0.29, 0.717) is 5.92 Å². The number of rotatable bonds is 1. The fraction of sp³-hybridized carbons (Fsp3) is 0.417. The summed E-state index contributed by atoms with van der Waals surface area (Å²) in [6.45, 7) is 4.44. The fourth-order valence-electron chi connectivity index (χ4n) is 1.99. The van der Waals surface area contributed by atoms with Gasteiger partial charge in [-0.15, -0.1) is 0 Å². The Labute approximate surface area is 85.2 Å².